The molecule has 1 aromatic rings. The number of hydrogen-bond acceptors (Lipinski definition) is 4. The molecule has 1 saturated heterocycles. The molecule has 150 valence electrons. The highest BCUT2D eigenvalue weighted by molar-refractivity contribution is 6.32. The molecular weight excluding hydrogens is 370 g/mol. The molecule has 1 fully saturated rings. The van der Waals surface area contributed by atoms with E-state index in [1.165, 1.54) is 0 Å². The van der Waals surface area contributed by atoms with Crippen molar-refractivity contribution in [2.75, 3.05) is 32.8 Å². The summed E-state index contributed by atoms with van der Waals surface area (Å²) >= 11 is 6.14. The van der Waals surface area contributed by atoms with E-state index in [4.69, 9.17) is 21.1 Å². The van der Waals surface area contributed by atoms with Crippen LogP contribution in [0.1, 0.15) is 30.9 Å². The van der Waals surface area contributed by atoms with E-state index in [0.29, 0.717) is 45.7 Å². The number of amides is 3. The first-order valence-corrected chi connectivity index (χ1v) is 9.64. The van der Waals surface area contributed by atoms with Gasteiger partial charge in [-0.3, -0.25) is 0 Å². The van der Waals surface area contributed by atoms with Crippen LogP contribution in [-0.2, 0) is 4.74 Å². The van der Waals surface area contributed by atoms with Crippen molar-refractivity contribution in [3.05, 3.63) is 28.3 Å². The number of carbonyl (C=O) groups is 2. The molecule has 1 heterocycles. The van der Waals surface area contributed by atoms with Gasteiger partial charge < -0.3 is 25.0 Å². The molecule has 8 heteroatoms. The number of halogens is 1. The van der Waals surface area contributed by atoms with Crippen LogP contribution in [-0.4, -0.2) is 55.9 Å². The summed E-state index contributed by atoms with van der Waals surface area (Å²) in [5.41, 5.74) is 1.93. The Kier molecular flexibility index (Phi) is 8.03. The summed E-state index contributed by atoms with van der Waals surface area (Å²) in [6.07, 6.45) is 1.14. The van der Waals surface area contributed by atoms with Crippen LogP contribution in [0.3, 0.4) is 0 Å². The van der Waals surface area contributed by atoms with E-state index in [0.717, 1.165) is 21.9 Å². The first-order chi connectivity index (χ1) is 12.9. The number of aryl methyl sites for hydroxylation is 2. The smallest absolute Gasteiger partial charge is 0.409 e. The van der Waals surface area contributed by atoms with Gasteiger partial charge in [0.05, 0.1) is 13.2 Å². The minimum atomic E-state index is -0.287. The topological polar surface area (TPSA) is 79.9 Å². The monoisotopic (exact) mass is 397 g/mol. The summed E-state index contributed by atoms with van der Waals surface area (Å²) in [6.45, 7) is 7.96. The molecule has 1 aromatic carbocycles. The highest BCUT2D eigenvalue weighted by Crippen LogP contribution is 2.25. The molecule has 0 unspecified atom stereocenters. The van der Waals surface area contributed by atoms with E-state index < -0.39 is 0 Å². The molecule has 0 bridgehead atoms. The van der Waals surface area contributed by atoms with Crippen LogP contribution in [0.15, 0.2) is 12.1 Å². The number of nitrogens with one attached hydrogen (secondary N) is 2. The summed E-state index contributed by atoms with van der Waals surface area (Å²) in [7, 11) is 0. The van der Waals surface area contributed by atoms with Crippen molar-refractivity contribution in [1.82, 2.24) is 15.5 Å². The highest BCUT2D eigenvalue weighted by Gasteiger charge is 2.24. The molecule has 7 nitrogen and oxygen atoms in total. The Morgan fingerprint density at radius 1 is 1.22 bits per heavy atom. The zero-order valence-electron chi connectivity index (χ0n) is 16.1. The molecule has 0 radical (unpaired) electrons. The average Bonchev–Trinajstić information content (AvgIpc) is 2.64. The fourth-order valence-corrected chi connectivity index (χ4v) is 3.09. The molecule has 0 aromatic heterocycles. The Balaban J connectivity index is 1.64. The fourth-order valence-electron chi connectivity index (χ4n) is 2.98. The van der Waals surface area contributed by atoms with Crippen LogP contribution in [0.4, 0.5) is 9.59 Å². The van der Waals surface area contributed by atoms with Crippen molar-refractivity contribution in [1.29, 1.82) is 0 Å². The number of urea groups is 1. The minimum Gasteiger partial charge on any atom is -0.492 e. The summed E-state index contributed by atoms with van der Waals surface area (Å²) in [4.78, 5) is 25.3. The molecule has 0 aliphatic carbocycles. The second-order valence-electron chi connectivity index (χ2n) is 6.58. The molecule has 0 spiro atoms. The maximum absolute atomic E-state index is 12.0. The average molecular weight is 398 g/mol. The molecule has 2 N–H and O–H groups in total. The number of benzene rings is 1. The summed E-state index contributed by atoms with van der Waals surface area (Å²) < 4.78 is 10.7. The number of ether oxygens (including phenoxy) is 2. The third kappa shape index (κ3) is 6.50. The standard InChI is InChI=1S/C19H28ClN3O4/c1-4-26-19(25)23-8-5-15(6-9-23)22-18(24)21-7-10-27-16-11-13(2)17(20)14(3)12-16/h11-12,15H,4-10H2,1-3H3,(H2,21,22,24). The normalized spacial score (nSPS) is 14.6. The molecule has 1 aliphatic heterocycles. The molecule has 3 amide bonds. The molecule has 1 aliphatic rings. The highest BCUT2D eigenvalue weighted by atomic mass is 35.5. The van der Waals surface area contributed by atoms with Gasteiger partial charge in [-0.05, 0) is 56.9 Å². The predicted octanol–water partition coefficient (Wildman–Crippen LogP) is 3.26. The van der Waals surface area contributed by atoms with E-state index in [1.54, 1.807) is 11.8 Å². The summed E-state index contributed by atoms with van der Waals surface area (Å²) in [5, 5.41) is 6.47. The fraction of sp³-hybridized carbons (Fsp3) is 0.579. The van der Waals surface area contributed by atoms with Crippen LogP contribution in [0.2, 0.25) is 5.02 Å². The third-order valence-corrected chi connectivity index (χ3v) is 5.02. The lowest BCUT2D eigenvalue weighted by molar-refractivity contribution is 0.0957. The Morgan fingerprint density at radius 3 is 2.44 bits per heavy atom. The van der Waals surface area contributed by atoms with E-state index in [2.05, 4.69) is 10.6 Å². The van der Waals surface area contributed by atoms with Crippen LogP contribution in [0.25, 0.3) is 0 Å². The van der Waals surface area contributed by atoms with E-state index in [1.807, 2.05) is 26.0 Å². The maximum atomic E-state index is 12.0. The van der Waals surface area contributed by atoms with Gasteiger partial charge in [0.15, 0.2) is 0 Å². The van der Waals surface area contributed by atoms with Crippen LogP contribution in [0.5, 0.6) is 5.75 Å². The minimum absolute atomic E-state index is 0.0539. The van der Waals surface area contributed by atoms with Crippen LogP contribution < -0.4 is 15.4 Å². The van der Waals surface area contributed by atoms with E-state index >= 15 is 0 Å². The Morgan fingerprint density at radius 2 is 1.85 bits per heavy atom. The van der Waals surface area contributed by atoms with Crippen LogP contribution in [0, 0.1) is 13.8 Å². The maximum Gasteiger partial charge on any atom is 0.409 e. The Hall–Kier alpha value is -2.15. The zero-order chi connectivity index (χ0) is 19.8. The zero-order valence-corrected chi connectivity index (χ0v) is 16.9. The van der Waals surface area contributed by atoms with Gasteiger partial charge in [-0.25, -0.2) is 9.59 Å². The molecule has 27 heavy (non-hydrogen) atoms. The molecule has 0 saturated carbocycles. The molecule has 2 rings (SSSR count). The Labute approximate surface area is 165 Å². The largest absolute Gasteiger partial charge is 0.492 e. The van der Waals surface area contributed by atoms with Gasteiger partial charge in [0.2, 0.25) is 0 Å². The summed E-state index contributed by atoms with van der Waals surface area (Å²) in [5.74, 6) is 0.739. The lowest BCUT2D eigenvalue weighted by atomic mass is 10.1. The van der Waals surface area contributed by atoms with Crippen molar-refractivity contribution in [3.8, 4) is 5.75 Å². The van der Waals surface area contributed by atoms with Gasteiger partial charge >= 0.3 is 12.1 Å². The van der Waals surface area contributed by atoms with Crippen molar-refractivity contribution in [3.63, 3.8) is 0 Å². The number of likely N-dealkylation sites (tertiary alicyclic amines) is 1. The lowest BCUT2D eigenvalue weighted by Crippen LogP contribution is -2.49. The first-order valence-electron chi connectivity index (χ1n) is 9.26. The molecule has 0 atom stereocenters. The van der Waals surface area contributed by atoms with Gasteiger partial charge in [0.1, 0.15) is 12.4 Å². The van der Waals surface area contributed by atoms with Crippen molar-refractivity contribution in [2.24, 2.45) is 0 Å². The van der Waals surface area contributed by atoms with Crippen molar-refractivity contribution in [2.45, 2.75) is 39.7 Å². The number of nitrogens with zero attached hydrogens (tertiary/aromatic N) is 1. The van der Waals surface area contributed by atoms with Gasteiger partial charge in [0.25, 0.3) is 0 Å². The number of carbonyl (C=O) groups excluding carboxylic acids is 2. The number of piperidine rings is 1. The van der Waals surface area contributed by atoms with Crippen molar-refractivity contribution >= 4 is 23.7 Å². The van der Waals surface area contributed by atoms with Gasteiger partial charge in [-0.2, -0.15) is 0 Å². The SMILES string of the molecule is CCOC(=O)N1CCC(NC(=O)NCCOc2cc(C)c(Cl)c(C)c2)CC1. The molecular formula is C19H28ClN3O4. The first kappa shape index (κ1) is 21.2. The second-order valence-corrected chi connectivity index (χ2v) is 6.96. The van der Waals surface area contributed by atoms with Gasteiger partial charge in [0, 0.05) is 24.2 Å². The van der Waals surface area contributed by atoms with Crippen LogP contribution >= 0.6 is 11.6 Å². The van der Waals surface area contributed by atoms with Gasteiger partial charge in [-0.15, -0.1) is 0 Å². The van der Waals surface area contributed by atoms with Gasteiger partial charge in [-0.1, -0.05) is 11.6 Å². The second kappa shape index (κ2) is 10.3. The number of hydrogen-bond donors (Lipinski definition) is 2. The summed E-state index contributed by atoms with van der Waals surface area (Å²) in [6, 6.07) is 3.59. The lowest BCUT2D eigenvalue weighted by Gasteiger charge is -2.31. The van der Waals surface area contributed by atoms with E-state index in [9.17, 15) is 9.59 Å². The number of rotatable bonds is 6. The van der Waals surface area contributed by atoms with E-state index in [-0.39, 0.29) is 18.2 Å². The van der Waals surface area contributed by atoms with Crippen molar-refractivity contribution < 1.29 is 19.1 Å². The quantitative estimate of drug-likeness (QED) is 0.722. The Bertz CT molecular complexity index is 637. The predicted molar refractivity (Wildman–Crippen MR) is 105 cm³/mol. The third-order valence-electron chi connectivity index (χ3n) is 4.42.